The highest BCUT2D eigenvalue weighted by molar-refractivity contribution is 5.87. The van der Waals surface area contributed by atoms with Gasteiger partial charge in [0.15, 0.2) is 0 Å². The van der Waals surface area contributed by atoms with Crippen molar-refractivity contribution >= 4 is 5.91 Å². The van der Waals surface area contributed by atoms with Crippen LogP contribution in [0.2, 0.25) is 0 Å². The molecule has 1 spiro atoms. The van der Waals surface area contributed by atoms with Crippen LogP contribution in [-0.4, -0.2) is 30.5 Å². The van der Waals surface area contributed by atoms with Gasteiger partial charge in [-0.15, -0.1) is 0 Å². The molecule has 0 aliphatic carbocycles. The smallest absolute Gasteiger partial charge is 0.245 e. The first-order valence-electron chi connectivity index (χ1n) is 6.39. The van der Waals surface area contributed by atoms with Crippen molar-refractivity contribution < 1.29 is 9.53 Å². The molecule has 3 heteroatoms. The van der Waals surface area contributed by atoms with Crippen molar-refractivity contribution in [3.63, 3.8) is 0 Å². The van der Waals surface area contributed by atoms with Crippen molar-refractivity contribution in [2.24, 2.45) is 0 Å². The lowest BCUT2D eigenvalue weighted by Gasteiger charge is -2.38. The molecule has 2 aliphatic heterocycles. The van der Waals surface area contributed by atoms with E-state index < -0.39 is 0 Å². The fourth-order valence-electron chi connectivity index (χ4n) is 3.02. The Labute approximate surface area is 107 Å². The lowest BCUT2D eigenvalue weighted by atomic mass is 9.74. The van der Waals surface area contributed by atoms with Crippen molar-refractivity contribution in [3.05, 3.63) is 42.5 Å². The summed E-state index contributed by atoms with van der Waals surface area (Å²) < 4.78 is 5.79. The topological polar surface area (TPSA) is 29.5 Å². The van der Waals surface area contributed by atoms with Crippen LogP contribution in [0.5, 0.6) is 5.75 Å². The number of ether oxygens (including phenoxy) is 1. The maximum atomic E-state index is 11.6. The number of carbonyl (C=O) groups excluding carboxylic acids is 1. The van der Waals surface area contributed by atoms with Gasteiger partial charge in [0.05, 0.1) is 6.61 Å². The second-order valence-electron chi connectivity index (χ2n) is 5.09. The molecule has 1 fully saturated rings. The minimum absolute atomic E-state index is 0.0389. The Hall–Kier alpha value is -1.77. The highest BCUT2D eigenvalue weighted by atomic mass is 16.5. The van der Waals surface area contributed by atoms with Crippen LogP contribution in [0.4, 0.5) is 0 Å². The SMILES string of the molecule is C=CC(=O)N1CCC2(CC1)COc1ccccc12. The van der Waals surface area contributed by atoms with E-state index in [0.29, 0.717) is 0 Å². The molecule has 1 aromatic carbocycles. The van der Waals surface area contributed by atoms with Gasteiger partial charge in [-0.1, -0.05) is 24.8 Å². The molecule has 2 aliphatic rings. The monoisotopic (exact) mass is 243 g/mol. The van der Waals surface area contributed by atoms with E-state index in [1.165, 1.54) is 11.6 Å². The first-order chi connectivity index (χ1) is 8.75. The summed E-state index contributed by atoms with van der Waals surface area (Å²) in [5.41, 5.74) is 1.44. The number of nitrogens with zero attached hydrogens (tertiary/aromatic N) is 1. The van der Waals surface area contributed by atoms with E-state index in [0.717, 1.165) is 38.3 Å². The number of hydrogen-bond acceptors (Lipinski definition) is 2. The Kier molecular flexibility index (Phi) is 2.62. The fraction of sp³-hybridized carbons (Fsp3) is 0.400. The number of para-hydroxylation sites is 1. The molecular formula is C15H17NO2. The fourth-order valence-corrected chi connectivity index (χ4v) is 3.02. The summed E-state index contributed by atoms with van der Waals surface area (Å²) in [6.45, 7) is 5.89. The largest absolute Gasteiger partial charge is 0.492 e. The molecule has 2 heterocycles. The second-order valence-corrected chi connectivity index (χ2v) is 5.09. The Balaban J connectivity index is 1.81. The molecule has 0 radical (unpaired) electrons. The average molecular weight is 243 g/mol. The van der Waals surface area contributed by atoms with Crippen LogP contribution in [0.15, 0.2) is 36.9 Å². The van der Waals surface area contributed by atoms with Gasteiger partial charge in [-0.25, -0.2) is 0 Å². The molecule has 0 saturated carbocycles. The molecule has 1 aromatic rings. The minimum Gasteiger partial charge on any atom is -0.492 e. The predicted octanol–water partition coefficient (Wildman–Crippen LogP) is 2.13. The molecule has 0 bridgehead atoms. The minimum atomic E-state index is 0.0389. The van der Waals surface area contributed by atoms with E-state index in [4.69, 9.17) is 4.74 Å². The summed E-state index contributed by atoms with van der Waals surface area (Å²) in [6.07, 6.45) is 3.35. The number of rotatable bonds is 1. The van der Waals surface area contributed by atoms with Gasteiger partial charge in [0.1, 0.15) is 5.75 Å². The quantitative estimate of drug-likeness (QED) is 0.707. The molecule has 0 unspecified atom stereocenters. The van der Waals surface area contributed by atoms with Gasteiger partial charge in [0, 0.05) is 24.1 Å². The number of benzene rings is 1. The van der Waals surface area contributed by atoms with E-state index in [1.54, 1.807) is 0 Å². The van der Waals surface area contributed by atoms with Gasteiger partial charge in [0.25, 0.3) is 0 Å². The molecule has 0 atom stereocenters. The first kappa shape index (κ1) is 11.3. The van der Waals surface area contributed by atoms with Gasteiger partial charge in [-0.2, -0.15) is 0 Å². The lowest BCUT2D eigenvalue weighted by molar-refractivity contribution is -0.127. The number of fused-ring (bicyclic) bond motifs is 2. The summed E-state index contributed by atoms with van der Waals surface area (Å²) in [5, 5.41) is 0. The van der Waals surface area contributed by atoms with E-state index in [1.807, 2.05) is 17.0 Å². The van der Waals surface area contributed by atoms with E-state index in [2.05, 4.69) is 18.7 Å². The van der Waals surface area contributed by atoms with Crippen molar-refractivity contribution in [1.82, 2.24) is 4.90 Å². The third-order valence-corrected chi connectivity index (χ3v) is 4.17. The van der Waals surface area contributed by atoms with Gasteiger partial charge in [-0.05, 0) is 25.0 Å². The Morgan fingerprint density at radius 3 is 2.78 bits per heavy atom. The standard InChI is InChI=1S/C15H17NO2/c1-2-14(17)16-9-7-15(8-10-16)11-18-13-6-4-3-5-12(13)15/h2-6H,1,7-11H2. The van der Waals surface area contributed by atoms with Crippen LogP contribution in [0.25, 0.3) is 0 Å². The molecule has 1 saturated heterocycles. The van der Waals surface area contributed by atoms with Crippen LogP contribution in [-0.2, 0) is 10.2 Å². The summed E-state index contributed by atoms with van der Waals surface area (Å²) in [6, 6.07) is 8.27. The molecule has 18 heavy (non-hydrogen) atoms. The zero-order chi connectivity index (χ0) is 12.6. The van der Waals surface area contributed by atoms with Gasteiger partial charge in [0.2, 0.25) is 5.91 Å². The van der Waals surface area contributed by atoms with Crippen LogP contribution in [0.1, 0.15) is 18.4 Å². The number of amides is 1. The molecule has 3 rings (SSSR count). The van der Waals surface area contributed by atoms with E-state index >= 15 is 0 Å². The molecule has 0 N–H and O–H groups in total. The number of piperidine rings is 1. The van der Waals surface area contributed by atoms with E-state index in [9.17, 15) is 4.79 Å². The normalized spacial score (nSPS) is 20.3. The van der Waals surface area contributed by atoms with E-state index in [-0.39, 0.29) is 11.3 Å². The Morgan fingerprint density at radius 2 is 2.06 bits per heavy atom. The Bertz CT molecular complexity index is 487. The average Bonchev–Trinajstić information content (AvgIpc) is 2.78. The van der Waals surface area contributed by atoms with Crippen LogP contribution < -0.4 is 4.74 Å². The molecular weight excluding hydrogens is 226 g/mol. The zero-order valence-corrected chi connectivity index (χ0v) is 10.4. The molecule has 0 aromatic heterocycles. The van der Waals surface area contributed by atoms with Crippen LogP contribution in [0.3, 0.4) is 0 Å². The summed E-state index contributed by atoms with van der Waals surface area (Å²) in [5.74, 6) is 1.05. The predicted molar refractivity (Wildman–Crippen MR) is 69.6 cm³/mol. The summed E-state index contributed by atoms with van der Waals surface area (Å²) in [4.78, 5) is 13.5. The summed E-state index contributed by atoms with van der Waals surface area (Å²) >= 11 is 0. The molecule has 1 amide bonds. The number of hydrogen-bond donors (Lipinski definition) is 0. The van der Waals surface area contributed by atoms with Gasteiger partial charge < -0.3 is 9.64 Å². The third kappa shape index (κ3) is 1.62. The maximum absolute atomic E-state index is 11.6. The van der Waals surface area contributed by atoms with Gasteiger partial charge in [-0.3, -0.25) is 4.79 Å². The number of likely N-dealkylation sites (tertiary alicyclic amines) is 1. The van der Waals surface area contributed by atoms with Crippen molar-refractivity contribution in [1.29, 1.82) is 0 Å². The maximum Gasteiger partial charge on any atom is 0.245 e. The number of carbonyl (C=O) groups is 1. The summed E-state index contributed by atoms with van der Waals surface area (Å²) in [7, 11) is 0. The second kappa shape index (κ2) is 4.16. The van der Waals surface area contributed by atoms with Crippen LogP contribution in [0, 0.1) is 0 Å². The van der Waals surface area contributed by atoms with Crippen molar-refractivity contribution in [3.8, 4) is 5.75 Å². The zero-order valence-electron chi connectivity index (χ0n) is 10.4. The third-order valence-electron chi connectivity index (χ3n) is 4.17. The molecule has 3 nitrogen and oxygen atoms in total. The molecule has 94 valence electrons. The first-order valence-corrected chi connectivity index (χ1v) is 6.39. The van der Waals surface area contributed by atoms with Crippen LogP contribution >= 0.6 is 0 Å². The van der Waals surface area contributed by atoms with Gasteiger partial charge >= 0.3 is 0 Å². The highest BCUT2D eigenvalue weighted by Gasteiger charge is 2.43. The Morgan fingerprint density at radius 1 is 1.33 bits per heavy atom. The highest BCUT2D eigenvalue weighted by Crippen LogP contribution is 2.45. The van der Waals surface area contributed by atoms with Crippen molar-refractivity contribution in [2.45, 2.75) is 18.3 Å². The lowest BCUT2D eigenvalue weighted by Crippen LogP contribution is -2.45. The van der Waals surface area contributed by atoms with Crippen molar-refractivity contribution in [2.75, 3.05) is 19.7 Å².